The van der Waals surface area contributed by atoms with Crippen molar-refractivity contribution in [2.75, 3.05) is 13.1 Å². The first kappa shape index (κ1) is 17.6. The molecule has 0 bridgehead atoms. The first-order valence-electron chi connectivity index (χ1n) is 9.14. The fraction of sp³-hybridized carbons (Fsp3) is 0.579. The monoisotopic (exact) mass is 342 g/mol. The molecule has 1 amide bonds. The molecule has 0 spiro atoms. The number of amides is 1. The van der Waals surface area contributed by atoms with Crippen LogP contribution < -0.4 is 0 Å². The van der Waals surface area contributed by atoms with Gasteiger partial charge in [-0.3, -0.25) is 9.78 Å². The minimum Gasteiger partial charge on any atom is -0.343 e. The number of hydrogen-bond acceptors (Lipinski definition) is 5. The molecule has 25 heavy (non-hydrogen) atoms. The standard InChI is InChI=1S/C19H26N4O2/c1-14(2)15-6-4-11-23(12-9-15)18(24)8-7-17-21-19(22-25-17)16-5-3-10-20-13-16/h3,5,10,13-15H,4,6-9,11-12H2,1-2H3/t15-/m0/s1. The maximum atomic E-state index is 12.5. The van der Waals surface area contributed by atoms with E-state index in [0.29, 0.717) is 30.5 Å². The fourth-order valence-electron chi connectivity index (χ4n) is 3.38. The molecule has 0 radical (unpaired) electrons. The highest BCUT2D eigenvalue weighted by molar-refractivity contribution is 5.76. The van der Waals surface area contributed by atoms with Crippen molar-refractivity contribution in [2.45, 2.75) is 46.0 Å². The van der Waals surface area contributed by atoms with E-state index in [1.165, 1.54) is 6.42 Å². The van der Waals surface area contributed by atoms with Crippen LogP contribution in [0.3, 0.4) is 0 Å². The van der Waals surface area contributed by atoms with Gasteiger partial charge >= 0.3 is 0 Å². The van der Waals surface area contributed by atoms with Crippen LogP contribution in [0.2, 0.25) is 0 Å². The number of carbonyl (C=O) groups excluding carboxylic acids is 1. The molecular weight excluding hydrogens is 316 g/mol. The molecule has 2 aromatic heterocycles. The smallest absolute Gasteiger partial charge is 0.227 e. The summed E-state index contributed by atoms with van der Waals surface area (Å²) in [6.07, 6.45) is 7.72. The van der Waals surface area contributed by atoms with Gasteiger partial charge in [0.1, 0.15) is 0 Å². The number of pyridine rings is 1. The maximum absolute atomic E-state index is 12.5. The second kappa shape index (κ2) is 8.23. The van der Waals surface area contributed by atoms with Crippen LogP contribution in [0.15, 0.2) is 29.0 Å². The van der Waals surface area contributed by atoms with Crippen LogP contribution in [0.5, 0.6) is 0 Å². The zero-order valence-electron chi connectivity index (χ0n) is 15.0. The first-order chi connectivity index (χ1) is 12.1. The summed E-state index contributed by atoms with van der Waals surface area (Å²) >= 11 is 0. The molecule has 3 rings (SSSR count). The SMILES string of the molecule is CC(C)[C@H]1CCCN(C(=O)CCc2nc(-c3cccnc3)no2)CC1. The van der Waals surface area contributed by atoms with Gasteiger partial charge < -0.3 is 9.42 Å². The van der Waals surface area contributed by atoms with Crippen molar-refractivity contribution < 1.29 is 9.32 Å². The average Bonchev–Trinajstić information content (AvgIpc) is 2.95. The second-order valence-electron chi connectivity index (χ2n) is 7.07. The summed E-state index contributed by atoms with van der Waals surface area (Å²) in [5, 5.41) is 3.97. The quantitative estimate of drug-likeness (QED) is 0.833. The Bertz CT molecular complexity index is 684. The van der Waals surface area contributed by atoms with Gasteiger partial charge in [-0.1, -0.05) is 19.0 Å². The van der Waals surface area contributed by atoms with Crippen LogP contribution in [0.1, 0.15) is 45.4 Å². The highest BCUT2D eigenvalue weighted by atomic mass is 16.5. The third-order valence-corrected chi connectivity index (χ3v) is 5.01. The Hall–Kier alpha value is -2.24. The van der Waals surface area contributed by atoms with E-state index in [0.717, 1.165) is 37.4 Å². The van der Waals surface area contributed by atoms with E-state index in [-0.39, 0.29) is 5.91 Å². The highest BCUT2D eigenvalue weighted by Crippen LogP contribution is 2.25. The summed E-state index contributed by atoms with van der Waals surface area (Å²) in [5.41, 5.74) is 0.816. The molecule has 0 saturated carbocycles. The van der Waals surface area contributed by atoms with Crippen molar-refractivity contribution in [3.63, 3.8) is 0 Å². The van der Waals surface area contributed by atoms with Gasteiger partial charge in [0.15, 0.2) is 0 Å². The van der Waals surface area contributed by atoms with E-state index < -0.39 is 0 Å². The first-order valence-corrected chi connectivity index (χ1v) is 9.14. The third-order valence-electron chi connectivity index (χ3n) is 5.01. The van der Waals surface area contributed by atoms with E-state index >= 15 is 0 Å². The lowest BCUT2D eigenvalue weighted by Crippen LogP contribution is -2.32. The number of carbonyl (C=O) groups is 1. The molecule has 0 unspecified atom stereocenters. The Morgan fingerprint density at radius 1 is 1.36 bits per heavy atom. The summed E-state index contributed by atoms with van der Waals surface area (Å²) in [7, 11) is 0. The van der Waals surface area contributed by atoms with E-state index in [1.54, 1.807) is 12.4 Å². The average molecular weight is 342 g/mol. The number of hydrogen-bond donors (Lipinski definition) is 0. The Balaban J connectivity index is 1.52. The van der Waals surface area contributed by atoms with Gasteiger partial charge in [-0.05, 0) is 43.2 Å². The molecule has 0 N–H and O–H groups in total. The Morgan fingerprint density at radius 2 is 2.24 bits per heavy atom. The van der Waals surface area contributed by atoms with E-state index in [4.69, 9.17) is 4.52 Å². The zero-order chi connectivity index (χ0) is 17.6. The summed E-state index contributed by atoms with van der Waals surface area (Å²) < 4.78 is 5.27. The molecule has 1 aliphatic rings. The molecule has 0 aliphatic carbocycles. The zero-order valence-corrected chi connectivity index (χ0v) is 15.0. The third kappa shape index (κ3) is 4.65. The van der Waals surface area contributed by atoms with Gasteiger partial charge in [-0.25, -0.2) is 0 Å². The summed E-state index contributed by atoms with van der Waals surface area (Å²) in [6.45, 7) is 6.29. The largest absolute Gasteiger partial charge is 0.343 e. The van der Waals surface area contributed by atoms with Crippen molar-refractivity contribution in [3.8, 4) is 11.4 Å². The Labute approximate surface area is 148 Å². The van der Waals surface area contributed by atoms with Crippen LogP contribution in [0, 0.1) is 11.8 Å². The van der Waals surface area contributed by atoms with Crippen LogP contribution in [-0.4, -0.2) is 39.0 Å². The van der Waals surface area contributed by atoms with Crippen LogP contribution in [0.4, 0.5) is 0 Å². The maximum Gasteiger partial charge on any atom is 0.227 e. The number of aromatic nitrogens is 3. The molecule has 6 nitrogen and oxygen atoms in total. The van der Waals surface area contributed by atoms with Crippen molar-refractivity contribution >= 4 is 5.91 Å². The number of rotatable bonds is 5. The molecule has 1 saturated heterocycles. The van der Waals surface area contributed by atoms with Gasteiger partial charge in [0, 0.05) is 43.9 Å². The minimum absolute atomic E-state index is 0.186. The van der Waals surface area contributed by atoms with Crippen LogP contribution in [0.25, 0.3) is 11.4 Å². The lowest BCUT2D eigenvalue weighted by atomic mass is 9.89. The topological polar surface area (TPSA) is 72.1 Å². The molecule has 2 aromatic rings. The Kier molecular flexibility index (Phi) is 5.79. The summed E-state index contributed by atoms with van der Waals surface area (Å²) in [4.78, 5) is 22.9. The van der Waals surface area contributed by atoms with Gasteiger partial charge in [-0.2, -0.15) is 4.98 Å². The molecule has 0 aromatic carbocycles. The molecule has 3 heterocycles. The number of aryl methyl sites for hydroxylation is 1. The fourth-order valence-corrected chi connectivity index (χ4v) is 3.38. The second-order valence-corrected chi connectivity index (χ2v) is 7.07. The predicted octanol–water partition coefficient (Wildman–Crippen LogP) is 3.35. The van der Waals surface area contributed by atoms with Crippen LogP contribution in [-0.2, 0) is 11.2 Å². The van der Waals surface area contributed by atoms with E-state index in [9.17, 15) is 4.79 Å². The van der Waals surface area contributed by atoms with Crippen LogP contribution >= 0.6 is 0 Å². The van der Waals surface area contributed by atoms with Gasteiger partial charge in [0.25, 0.3) is 0 Å². The van der Waals surface area contributed by atoms with Crippen molar-refractivity contribution in [1.29, 1.82) is 0 Å². The lowest BCUT2D eigenvalue weighted by molar-refractivity contribution is -0.131. The van der Waals surface area contributed by atoms with E-state index in [1.807, 2.05) is 17.0 Å². The van der Waals surface area contributed by atoms with Crippen molar-refractivity contribution in [2.24, 2.45) is 11.8 Å². The van der Waals surface area contributed by atoms with Gasteiger partial charge in [-0.15, -0.1) is 0 Å². The lowest BCUT2D eigenvalue weighted by Gasteiger charge is -2.21. The highest BCUT2D eigenvalue weighted by Gasteiger charge is 2.22. The van der Waals surface area contributed by atoms with Crippen molar-refractivity contribution in [3.05, 3.63) is 30.4 Å². The molecule has 1 atom stereocenters. The molecule has 1 fully saturated rings. The minimum atomic E-state index is 0.186. The molecule has 6 heteroatoms. The van der Waals surface area contributed by atoms with Gasteiger partial charge in [0.05, 0.1) is 0 Å². The van der Waals surface area contributed by atoms with E-state index in [2.05, 4.69) is 29.0 Å². The summed E-state index contributed by atoms with van der Waals surface area (Å²) in [6, 6.07) is 3.72. The van der Waals surface area contributed by atoms with Gasteiger partial charge in [0.2, 0.25) is 17.6 Å². The predicted molar refractivity (Wildman–Crippen MR) is 94.6 cm³/mol. The molecule has 1 aliphatic heterocycles. The molecule has 134 valence electrons. The summed E-state index contributed by atoms with van der Waals surface area (Å²) in [5.74, 6) is 2.63. The molecular formula is C19H26N4O2. The number of likely N-dealkylation sites (tertiary alicyclic amines) is 1. The normalized spacial score (nSPS) is 18.4. The Morgan fingerprint density at radius 3 is 3.00 bits per heavy atom. The van der Waals surface area contributed by atoms with Crippen molar-refractivity contribution in [1.82, 2.24) is 20.0 Å². The number of nitrogens with zero attached hydrogens (tertiary/aromatic N) is 4.